The minimum absolute atomic E-state index is 0.246. The quantitative estimate of drug-likeness (QED) is 0.811. The summed E-state index contributed by atoms with van der Waals surface area (Å²) in [6.45, 7) is 3.22. The van der Waals surface area contributed by atoms with Crippen LogP contribution in [0, 0.1) is 5.92 Å². The fourth-order valence-corrected chi connectivity index (χ4v) is 3.92. The van der Waals surface area contributed by atoms with E-state index in [-0.39, 0.29) is 5.91 Å². The molecule has 1 saturated heterocycles. The number of nitrogens with zero attached hydrogens (tertiary/aromatic N) is 1. The van der Waals surface area contributed by atoms with Gasteiger partial charge >= 0.3 is 0 Å². The Morgan fingerprint density at radius 1 is 1.19 bits per heavy atom. The van der Waals surface area contributed by atoms with Crippen molar-refractivity contribution < 1.29 is 9.21 Å². The lowest BCUT2D eigenvalue weighted by atomic mass is 9.93. The molecule has 1 aliphatic heterocycles. The monoisotopic (exact) mass is 352 g/mol. The molecule has 1 N–H and O–H groups in total. The van der Waals surface area contributed by atoms with Crippen molar-refractivity contribution in [2.45, 2.75) is 51.1 Å². The van der Waals surface area contributed by atoms with Gasteiger partial charge in [0, 0.05) is 31.1 Å². The molecule has 4 nitrogen and oxygen atoms in total. The van der Waals surface area contributed by atoms with Crippen LogP contribution in [0.5, 0.6) is 0 Å². The van der Waals surface area contributed by atoms with Crippen molar-refractivity contribution >= 4 is 5.91 Å². The second kappa shape index (κ2) is 8.09. The predicted molar refractivity (Wildman–Crippen MR) is 103 cm³/mol. The zero-order chi connectivity index (χ0) is 17.8. The van der Waals surface area contributed by atoms with E-state index in [1.165, 1.54) is 31.2 Å². The minimum atomic E-state index is 0.246. The van der Waals surface area contributed by atoms with Gasteiger partial charge in [-0.1, -0.05) is 18.2 Å². The first kappa shape index (κ1) is 17.3. The molecule has 0 spiro atoms. The van der Waals surface area contributed by atoms with Gasteiger partial charge < -0.3 is 9.73 Å². The van der Waals surface area contributed by atoms with Crippen LogP contribution in [0.15, 0.2) is 47.1 Å². The summed E-state index contributed by atoms with van der Waals surface area (Å²) >= 11 is 0. The maximum Gasteiger partial charge on any atom is 0.220 e. The smallest absolute Gasteiger partial charge is 0.220 e. The van der Waals surface area contributed by atoms with Crippen molar-refractivity contribution in [3.05, 3.63) is 48.2 Å². The van der Waals surface area contributed by atoms with Crippen LogP contribution in [0.25, 0.3) is 11.3 Å². The molecule has 1 atom stereocenters. The van der Waals surface area contributed by atoms with Crippen molar-refractivity contribution in [1.82, 2.24) is 10.2 Å². The number of benzene rings is 1. The second-order valence-electron chi connectivity index (χ2n) is 7.80. The summed E-state index contributed by atoms with van der Waals surface area (Å²) in [4.78, 5) is 14.5. The highest BCUT2D eigenvalue weighted by Gasteiger charge is 2.25. The summed E-state index contributed by atoms with van der Waals surface area (Å²) < 4.78 is 5.52. The van der Waals surface area contributed by atoms with Gasteiger partial charge in [0.2, 0.25) is 5.91 Å². The van der Waals surface area contributed by atoms with E-state index in [0.29, 0.717) is 18.4 Å². The van der Waals surface area contributed by atoms with E-state index in [2.05, 4.69) is 34.5 Å². The van der Waals surface area contributed by atoms with Crippen LogP contribution in [-0.4, -0.2) is 29.9 Å². The van der Waals surface area contributed by atoms with E-state index in [1.807, 2.05) is 12.1 Å². The van der Waals surface area contributed by atoms with E-state index < -0.39 is 0 Å². The number of carbonyl (C=O) groups is 1. The lowest BCUT2D eigenvalue weighted by Crippen LogP contribution is -2.35. The molecule has 2 aliphatic rings. The predicted octanol–water partition coefficient (Wildman–Crippen LogP) is 4.22. The number of furan rings is 1. The molecule has 0 radical (unpaired) electrons. The Hall–Kier alpha value is -2.07. The SMILES string of the molecule is O=C(CCC1CCCN(Cc2cccc(-c3ccco3)c2)C1)NC1CC1. The second-order valence-corrected chi connectivity index (χ2v) is 7.80. The Morgan fingerprint density at radius 2 is 2.12 bits per heavy atom. The molecule has 2 fully saturated rings. The number of piperidine rings is 1. The molecule has 4 rings (SSSR count). The molecular formula is C22H28N2O2. The maximum atomic E-state index is 11.9. The number of rotatable bonds is 7. The molecule has 1 unspecified atom stereocenters. The van der Waals surface area contributed by atoms with E-state index >= 15 is 0 Å². The van der Waals surface area contributed by atoms with Gasteiger partial charge in [0.05, 0.1) is 6.26 Å². The Bertz CT molecular complexity index is 722. The summed E-state index contributed by atoms with van der Waals surface area (Å²) in [6, 6.07) is 13.0. The average molecular weight is 352 g/mol. The van der Waals surface area contributed by atoms with Crippen LogP contribution < -0.4 is 5.32 Å². The van der Waals surface area contributed by atoms with Crippen LogP contribution in [-0.2, 0) is 11.3 Å². The fraction of sp³-hybridized carbons (Fsp3) is 0.500. The highest BCUT2D eigenvalue weighted by atomic mass is 16.3. The van der Waals surface area contributed by atoms with Crippen molar-refractivity contribution in [3.63, 3.8) is 0 Å². The lowest BCUT2D eigenvalue weighted by molar-refractivity contribution is -0.121. The van der Waals surface area contributed by atoms with E-state index in [0.717, 1.165) is 37.4 Å². The topological polar surface area (TPSA) is 45.5 Å². The Morgan fingerprint density at radius 3 is 2.92 bits per heavy atom. The van der Waals surface area contributed by atoms with Crippen molar-refractivity contribution in [1.29, 1.82) is 0 Å². The standard InChI is InChI=1S/C22H28N2O2/c25-22(23-20-9-10-20)11-8-17-5-2-12-24(15-17)16-18-4-1-6-19(14-18)21-7-3-13-26-21/h1,3-4,6-7,13-14,17,20H,2,5,8-12,15-16H2,(H,23,25). The first-order valence-electron chi connectivity index (χ1n) is 9.91. The van der Waals surface area contributed by atoms with Gasteiger partial charge in [-0.05, 0) is 68.3 Å². The van der Waals surface area contributed by atoms with Gasteiger partial charge in [0.1, 0.15) is 5.76 Å². The highest BCUT2D eigenvalue weighted by molar-refractivity contribution is 5.76. The third kappa shape index (κ3) is 4.76. The number of nitrogens with one attached hydrogen (secondary N) is 1. The molecule has 4 heteroatoms. The van der Waals surface area contributed by atoms with Crippen molar-refractivity contribution in [2.75, 3.05) is 13.1 Å². The molecule has 2 aromatic rings. The molecule has 0 bridgehead atoms. The fourth-order valence-electron chi connectivity index (χ4n) is 3.92. The third-order valence-corrected chi connectivity index (χ3v) is 5.46. The number of hydrogen-bond donors (Lipinski definition) is 1. The molecule has 1 aromatic heterocycles. The number of carbonyl (C=O) groups excluding carboxylic acids is 1. The molecule has 26 heavy (non-hydrogen) atoms. The number of likely N-dealkylation sites (tertiary alicyclic amines) is 1. The Balaban J connectivity index is 1.29. The van der Waals surface area contributed by atoms with Crippen LogP contribution in [0.2, 0.25) is 0 Å². The van der Waals surface area contributed by atoms with Gasteiger partial charge in [-0.15, -0.1) is 0 Å². The number of amides is 1. The normalized spacial score (nSPS) is 20.8. The van der Waals surface area contributed by atoms with E-state index in [9.17, 15) is 4.79 Å². The van der Waals surface area contributed by atoms with Crippen LogP contribution >= 0.6 is 0 Å². The maximum absolute atomic E-state index is 11.9. The van der Waals surface area contributed by atoms with E-state index in [1.54, 1.807) is 6.26 Å². The molecular weight excluding hydrogens is 324 g/mol. The minimum Gasteiger partial charge on any atom is -0.464 e. The molecule has 138 valence electrons. The largest absolute Gasteiger partial charge is 0.464 e. The summed E-state index contributed by atoms with van der Waals surface area (Å²) in [6.07, 6.45) is 8.23. The van der Waals surface area contributed by atoms with Gasteiger partial charge in [-0.25, -0.2) is 0 Å². The lowest BCUT2D eigenvalue weighted by Gasteiger charge is -2.32. The highest BCUT2D eigenvalue weighted by Crippen LogP contribution is 2.25. The van der Waals surface area contributed by atoms with Crippen LogP contribution in [0.4, 0.5) is 0 Å². The van der Waals surface area contributed by atoms with Crippen LogP contribution in [0.3, 0.4) is 0 Å². The van der Waals surface area contributed by atoms with Crippen LogP contribution in [0.1, 0.15) is 44.1 Å². The Labute approximate surface area is 155 Å². The van der Waals surface area contributed by atoms with Gasteiger partial charge in [-0.2, -0.15) is 0 Å². The molecule has 1 aliphatic carbocycles. The first-order chi connectivity index (χ1) is 12.8. The zero-order valence-corrected chi connectivity index (χ0v) is 15.3. The van der Waals surface area contributed by atoms with E-state index in [4.69, 9.17) is 4.42 Å². The average Bonchev–Trinajstić information content (AvgIpc) is 3.29. The molecule has 2 heterocycles. The van der Waals surface area contributed by atoms with Crippen molar-refractivity contribution in [2.24, 2.45) is 5.92 Å². The first-order valence-corrected chi connectivity index (χ1v) is 9.91. The zero-order valence-electron chi connectivity index (χ0n) is 15.3. The third-order valence-electron chi connectivity index (χ3n) is 5.46. The number of hydrogen-bond acceptors (Lipinski definition) is 3. The summed E-state index contributed by atoms with van der Waals surface area (Å²) in [5.74, 6) is 1.81. The molecule has 1 saturated carbocycles. The molecule has 1 aromatic carbocycles. The van der Waals surface area contributed by atoms with Crippen molar-refractivity contribution in [3.8, 4) is 11.3 Å². The molecule has 1 amide bonds. The van der Waals surface area contributed by atoms with Gasteiger partial charge in [0.15, 0.2) is 0 Å². The van der Waals surface area contributed by atoms with Gasteiger partial charge in [0.25, 0.3) is 0 Å². The summed E-state index contributed by atoms with van der Waals surface area (Å²) in [5, 5.41) is 3.10. The van der Waals surface area contributed by atoms with Gasteiger partial charge in [-0.3, -0.25) is 9.69 Å². The summed E-state index contributed by atoms with van der Waals surface area (Å²) in [7, 11) is 0. The summed E-state index contributed by atoms with van der Waals surface area (Å²) in [5.41, 5.74) is 2.46. The Kier molecular flexibility index (Phi) is 5.40.